The van der Waals surface area contributed by atoms with Crippen LogP contribution >= 0.6 is 0 Å². The number of rotatable bonds is 0. The van der Waals surface area contributed by atoms with Crippen molar-refractivity contribution in [3.8, 4) is 0 Å². The van der Waals surface area contributed by atoms with E-state index in [2.05, 4.69) is 18.6 Å². The number of benzene rings is 1. The summed E-state index contributed by atoms with van der Waals surface area (Å²) < 4.78 is 15.9. The molecule has 0 aliphatic carbocycles. The highest BCUT2D eigenvalue weighted by Gasteiger charge is 2.01. The molecule has 0 spiro atoms. The molecule has 1 aromatic heterocycles. The molecule has 74 valence electrons. The van der Waals surface area contributed by atoms with Gasteiger partial charge in [0, 0.05) is 23.1 Å². The molecule has 0 bridgehead atoms. The molecule has 0 unspecified atom stereocenters. The van der Waals surface area contributed by atoms with Crippen molar-refractivity contribution in [3.63, 3.8) is 0 Å². The van der Waals surface area contributed by atoms with E-state index in [1.165, 1.54) is 12.1 Å². The number of fused-ring (bicyclic) bond motifs is 1. The van der Waals surface area contributed by atoms with Crippen LogP contribution in [-0.2, 0) is 0 Å². The summed E-state index contributed by atoms with van der Waals surface area (Å²) in [5, 5.41) is 0.113. The molecule has 2 radical (unpaired) electrons. The van der Waals surface area contributed by atoms with Gasteiger partial charge < -0.3 is 0 Å². The molecule has 0 aliphatic rings. The number of hydrogen-bond acceptors (Lipinski definition) is 6. The van der Waals surface area contributed by atoms with Crippen molar-refractivity contribution in [3.05, 3.63) is 45.1 Å². The van der Waals surface area contributed by atoms with Gasteiger partial charge in [0.2, 0.25) is 0 Å². The van der Waals surface area contributed by atoms with Gasteiger partial charge in [-0.1, -0.05) is 12.1 Å². The van der Waals surface area contributed by atoms with Crippen LogP contribution in [0.15, 0.2) is 52.5 Å². The van der Waals surface area contributed by atoms with Gasteiger partial charge in [-0.15, -0.1) is 0 Å². The maximum absolute atomic E-state index is 11.2. The average molecular weight is 220 g/mol. The first-order valence-electron chi connectivity index (χ1n) is 3.64. The van der Waals surface area contributed by atoms with E-state index in [4.69, 9.17) is 0 Å². The van der Waals surface area contributed by atoms with Crippen LogP contribution in [-0.4, -0.2) is 23.1 Å². The Hall–Kier alpha value is -1.47. The van der Waals surface area contributed by atoms with E-state index in [1.54, 1.807) is 12.1 Å². The Bertz CT molecular complexity index is 545. The third-order valence-electron chi connectivity index (χ3n) is 1.61. The highest BCUT2D eigenvalue weighted by atomic mass is 24.3. The first-order valence-corrected chi connectivity index (χ1v) is 3.64. The summed E-state index contributed by atoms with van der Waals surface area (Å²) in [6.45, 7) is 0. The predicted molar refractivity (Wildman–Crippen MR) is 48.9 cm³/mol. The van der Waals surface area contributed by atoms with Gasteiger partial charge in [0.05, 0.1) is 10.8 Å². The molecule has 1 aromatic carbocycles. The Labute approximate surface area is 97.7 Å². The van der Waals surface area contributed by atoms with Crippen LogP contribution < -0.4 is 11.3 Å². The minimum Gasteiger partial charge on any atom is -0.241 e. The lowest BCUT2D eigenvalue weighted by Gasteiger charge is -1.86. The Balaban J connectivity index is 0.00000112. The SMILES string of the molecule is O=c1ooooc(=O)c2ccccc12.[Mg]. The fourth-order valence-electron chi connectivity index (χ4n) is 1.02. The van der Waals surface area contributed by atoms with Crippen LogP contribution in [0.2, 0.25) is 0 Å². The Morgan fingerprint density at radius 2 is 1.20 bits per heavy atom. The quantitative estimate of drug-likeness (QED) is 0.479. The molecule has 0 saturated heterocycles. The molecular formula is C8H4MgO6. The minimum atomic E-state index is -0.822. The van der Waals surface area contributed by atoms with E-state index in [1.807, 2.05) is 0 Å². The molecule has 6 nitrogen and oxygen atoms in total. The second-order valence-corrected chi connectivity index (χ2v) is 2.42. The van der Waals surface area contributed by atoms with Crippen LogP contribution in [0.4, 0.5) is 0 Å². The monoisotopic (exact) mass is 220 g/mol. The van der Waals surface area contributed by atoms with Crippen LogP contribution in [0.3, 0.4) is 0 Å². The van der Waals surface area contributed by atoms with Crippen LogP contribution in [0.5, 0.6) is 0 Å². The topological polar surface area (TPSA) is 86.7 Å². The van der Waals surface area contributed by atoms with Gasteiger partial charge in [-0.05, 0) is 21.6 Å². The molecular weight excluding hydrogens is 216 g/mol. The van der Waals surface area contributed by atoms with Gasteiger partial charge in [0.15, 0.2) is 0 Å². The summed E-state index contributed by atoms with van der Waals surface area (Å²) in [6, 6.07) is 5.98. The van der Waals surface area contributed by atoms with Crippen molar-refractivity contribution < 1.29 is 18.6 Å². The van der Waals surface area contributed by atoms with Crippen LogP contribution in [0.1, 0.15) is 0 Å². The standard InChI is InChI=1S/C8H4O6.Mg/c9-7-5-3-1-2-4-6(5)8(10)12-14-13-11-7;/h1-4H;. The molecule has 15 heavy (non-hydrogen) atoms. The normalized spacial score (nSPS) is 9.33. The van der Waals surface area contributed by atoms with E-state index in [0.717, 1.165) is 0 Å². The zero-order valence-corrected chi connectivity index (χ0v) is 8.88. The Morgan fingerprint density at radius 1 is 0.800 bits per heavy atom. The van der Waals surface area contributed by atoms with Gasteiger partial charge in [-0.3, -0.25) is 0 Å². The summed E-state index contributed by atoms with van der Waals surface area (Å²) in [5.74, 6) is 0. The first kappa shape index (κ1) is 11.6. The zero-order valence-electron chi connectivity index (χ0n) is 7.47. The zero-order chi connectivity index (χ0) is 9.97. The molecule has 0 N–H and O–H groups in total. The van der Waals surface area contributed by atoms with E-state index < -0.39 is 11.3 Å². The molecule has 0 aliphatic heterocycles. The van der Waals surface area contributed by atoms with Gasteiger partial charge in [-0.2, -0.15) is 0 Å². The van der Waals surface area contributed by atoms with Crippen molar-refractivity contribution in [1.29, 1.82) is 0 Å². The van der Waals surface area contributed by atoms with Crippen molar-refractivity contribution >= 4 is 33.8 Å². The molecule has 1 heterocycles. The third-order valence-corrected chi connectivity index (χ3v) is 1.61. The van der Waals surface area contributed by atoms with E-state index in [-0.39, 0.29) is 33.8 Å². The lowest BCUT2D eigenvalue weighted by Crippen LogP contribution is -2.03. The summed E-state index contributed by atoms with van der Waals surface area (Å²) in [7, 11) is 0. The highest BCUT2D eigenvalue weighted by Crippen LogP contribution is 2.01. The largest absolute Gasteiger partial charge is 0.391 e. The van der Waals surface area contributed by atoms with Crippen LogP contribution in [0.25, 0.3) is 10.8 Å². The summed E-state index contributed by atoms with van der Waals surface area (Å²) in [6.07, 6.45) is 0. The fourth-order valence-corrected chi connectivity index (χ4v) is 1.02. The van der Waals surface area contributed by atoms with Crippen molar-refractivity contribution in [2.24, 2.45) is 0 Å². The lowest BCUT2D eigenvalue weighted by molar-refractivity contribution is -0.305. The molecule has 0 saturated carbocycles. The summed E-state index contributed by atoms with van der Waals surface area (Å²) in [5.41, 5.74) is -1.64. The van der Waals surface area contributed by atoms with Crippen molar-refractivity contribution in [1.82, 2.24) is 0 Å². The minimum absolute atomic E-state index is 0. The summed E-state index contributed by atoms with van der Waals surface area (Å²) in [4.78, 5) is 22.3. The maximum atomic E-state index is 11.2. The summed E-state index contributed by atoms with van der Waals surface area (Å²) >= 11 is 0. The molecule has 0 atom stereocenters. The van der Waals surface area contributed by atoms with Crippen molar-refractivity contribution in [2.45, 2.75) is 0 Å². The number of hydrogen-bond donors (Lipinski definition) is 0. The van der Waals surface area contributed by atoms with E-state index >= 15 is 0 Å². The second-order valence-electron chi connectivity index (χ2n) is 2.42. The smallest absolute Gasteiger partial charge is 0.241 e. The molecule has 0 fully saturated rings. The maximum Gasteiger partial charge on any atom is 0.391 e. The fraction of sp³-hybridized carbons (Fsp3) is 0. The van der Waals surface area contributed by atoms with Gasteiger partial charge in [0.25, 0.3) is 0 Å². The predicted octanol–water partition coefficient (Wildman–Crippen LogP) is 0.676. The van der Waals surface area contributed by atoms with E-state index in [0.29, 0.717) is 0 Å². The molecule has 7 heteroatoms. The van der Waals surface area contributed by atoms with Crippen LogP contribution in [0, 0.1) is 0 Å². The Kier molecular flexibility index (Phi) is 3.75. The molecule has 2 aromatic rings. The van der Waals surface area contributed by atoms with Gasteiger partial charge in [-0.25, -0.2) is 18.7 Å². The lowest BCUT2D eigenvalue weighted by atomic mass is 10.2. The third kappa shape index (κ3) is 2.31. The second kappa shape index (κ2) is 4.85. The van der Waals surface area contributed by atoms with Gasteiger partial charge >= 0.3 is 11.3 Å². The highest BCUT2D eigenvalue weighted by molar-refractivity contribution is 5.79. The Morgan fingerprint density at radius 3 is 1.60 bits per heavy atom. The first-order chi connectivity index (χ1) is 6.79. The molecule has 2 rings (SSSR count). The average Bonchev–Trinajstić information content (AvgIpc) is 2.22. The molecule has 0 amide bonds. The van der Waals surface area contributed by atoms with Gasteiger partial charge in [0.1, 0.15) is 0 Å². The van der Waals surface area contributed by atoms with E-state index in [9.17, 15) is 9.59 Å². The van der Waals surface area contributed by atoms with Crippen molar-refractivity contribution in [2.75, 3.05) is 0 Å².